The molecule has 1 amide bonds. The molecule has 0 bridgehead atoms. The first kappa shape index (κ1) is 34.8. The molecular formula is C28H32BrN5O11. The number of esters is 5. The van der Waals surface area contributed by atoms with Crippen LogP contribution in [0.5, 0.6) is 0 Å². The van der Waals surface area contributed by atoms with Gasteiger partial charge in [-0.3, -0.25) is 29.4 Å². The number of rotatable bonds is 11. The number of carbonyl (C=O) groups excluding carboxylic acids is 6. The zero-order chi connectivity index (χ0) is 33.4. The number of aromatic nitrogens is 2. The van der Waals surface area contributed by atoms with Crippen molar-refractivity contribution in [1.29, 1.82) is 0 Å². The second kappa shape index (κ2) is 15.4. The molecule has 1 aliphatic rings. The molecule has 1 aliphatic heterocycles. The van der Waals surface area contributed by atoms with Crippen molar-refractivity contribution in [2.45, 2.75) is 72.1 Å². The van der Waals surface area contributed by atoms with Gasteiger partial charge in [-0.05, 0) is 62.7 Å². The van der Waals surface area contributed by atoms with Crippen LogP contribution in [0.4, 0.5) is 5.69 Å². The Balaban J connectivity index is 1.50. The topological polar surface area (TPSA) is 202 Å². The number of hydrogen-bond donors (Lipinski definition) is 1. The molecule has 1 N–H and O–H groups in total. The Labute approximate surface area is 265 Å². The molecule has 1 aromatic heterocycles. The minimum absolute atomic E-state index is 0.234. The van der Waals surface area contributed by atoms with Crippen LogP contribution in [0.25, 0.3) is 11.0 Å². The Morgan fingerprint density at radius 1 is 0.756 bits per heavy atom. The lowest BCUT2D eigenvalue weighted by Crippen LogP contribution is -2.45. The summed E-state index contributed by atoms with van der Waals surface area (Å²) in [5, 5.41) is 3.09. The van der Waals surface area contributed by atoms with Crippen molar-refractivity contribution in [3.05, 3.63) is 29.0 Å². The van der Waals surface area contributed by atoms with Crippen molar-refractivity contribution < 1.29 is 52.5 Å². The summed E-state index contributed by atoms with van der Waals surface area (Å²) in [6.07, 6.45) is -3.80. The molecule has 0 radical (unpaired) electrons. The molecular weight excluding hydrogens is 662 g/mol. The van der Waals surface area contributed by atoms with Gasteiger partial charge in [0.1, 0.15) is 5.52 Å². The maximum Gasteiger partial charge on any atom is 0.347 e. The first-order valence-electron chi connectivity index (χ1n) is 13.7. The van der Waals surface area contributed by atoms with Crippen LogP contribution in [-0.4, -0.2) is 100 Å². The molecule has 5 unspecified atom stereocenters. The van der Waals surface area contributed by atoms with E-state index >= 15 is 0 Å². The summed E-state index contributed by atoms with van der Waals surface area (Å²) in [5.74, 6) is -5.25. The van der Waals surface area contributed by atoms with Crippen LogP contribution in [0.2, 0.25) is 0 Å². The summed E-state index contributed by atoms with van der Waals surface area (Å²) in [5.41, 5.74) is 1.87. The minimum Gasteiger partial charge on any atom is -0.451 e. The highest BCUT2D eigenvalue weighted by atomic mass is 79.9. The average molecular weight is 694 g/mol. The number of hydrogen-bond acceptors (Lipinski definition) is 15. The maximum absolute atomic E-state index is 13.2. The first-order valence-corrected chi connectivity index (χ1v) is 14.5. The van der Waals surface area contributed by atoms with Gasteiger partial charge in [0.05, 0.1) is 22.2 Å². The Morgan fingerprint density at radius 2 is 1.24 bits per heavy atom. The lowest BCUT2D eigenvalue weighted by Gasteiger charge is -2.24. The molecule has 242 valence electrons. The molecule has 0 fully saturated rings. The van der Waals surface area contributed by atoms with E-state index in [-0.39, 0.29) is 12.5 Å². The minimum atomic E-state index is -1.49. The number of aliphatic imine (C=N–C) groups is 1. The summed E-state index contributed by atoms with van der Waals surface area (Å²) in [7, 11) is 0. The largest absolute Gasteiger partial charge is 0.451 e. The monoisotopic (exact) mass is 693 g/mol. The summed E-state index contributed by atoms with van der Waals surface area (Å²) in [4.78, 5) is 87.6. The van der Waals surface area contributed by atoms with E-state index in [1.807, 2.05) is 0 Å². The molecule has 45 heavy (non-hydrogen) atoms. The summed E-state index contributed by atoms with van der Waals surface area (Å²) in [6.45, 7) is 7.86. The van der Waals surface area contributed by atoms with E-state index in [0.29, 0.717) is 27.7 Å². The second-order valence-corrected chi connectivity index (χ2v) is 10.5. The predicted octanol–water partition coefficient (Wildman–Crippen LogP) is 1.68. The van der Waals surface area contributed by atoms with Gasteiger partial charge in [-0.25, -0.2) is 19.2 Å². The van der Waals surface area contributed by atoms with Gasteiger partial charge in [0, 0.05) is 25.9 Å². The molecule has 16 nitrogen and oxygen atoms in total. The maximum atomic E-state index is 13.2. The summed E-state index contributed by atoms with van der Waals surface area (Å²) < 4.78 is 25.4. The number of amides is 1. The molecule has 0 spiro atoms. The van der Waals surface area contributed by atoms with Gasteiger partial charge in [0.2, 0.25) is 5.96 Å². The van der Waals surface area contributed by atoms with Gasteiger partial charge in [-0.1, -0.05) is 0 Å². The molecule has 0 saturated carbocycles. The normalized spacial score (nSPS) is 15.9. The summed E-state index contributed by atoms with van der Waals surface area (Å²) >= 11 is 3.50. The fourth-order valence-electron chi connectivity index (χ4n) is 3.78. The molecule has 0 aliphatic carbocycles. The number of nitrogens with zero attached hydrogens (tertiary/aromatic N) is 4. The van der Waals surface area contributed by atoms with E-state index in [1.54, 1.807) is 24.5 Å². The SMILES string of the molecule is CC(=O)OC(C)C(=O)OC(C)C(=O)OC(C)C(=O)OC(C)C(=O)OC(C)C(=O)N1CCN=C1Nc1ccc2nccnc2c1Br. The van der Waals surface area contributed by atoms with E-state index in [9.17, 15) is 28.8 Å². The number of nitrogens with one attached hydrogen (secondary N) is 1. The molecule has 1 aromatic carbocycles. The van der Waals surface area contributed by atoms with Crippen LogP contribution in [0.3, 0.4) is 0 Å². The van der Waals surface area contributed by atoms with E-state index in [4.69, 9.17) is 18.9 Å². The third-order valence-corrected chi connectivity index (χ3v) is 6.92. The van der Waals surface area contributed by atoms with E-state index in [0.717, 1.165) is 6.92 Å². The molecule has 17 heteroatoms. The Kier molecular flexibility index (Phi) is 11.9. The van der Waals surface area contributed by atoms with Crippen molar-refractivity contribution in [3.63, 3.8) is 0 Å². The number of fused-ring (bicyclic) bond motifs is 1. The van der Waals surface area contributed by atoms with Gasteiger partial charge < -0.3 is 29.0 Å². The van der Waals surface area contributed by atoms with Gasteiger partial charge in [-0.15, -0.1) is 0 Å². The molecule has 0 saturated heterocycles. The fraction of sp³-hybridized carbons (Fsp3) is 0.464. The first-order chi connectivity index (χ1) is 21.2. The van der Waals surface area contributed by atoms with Crippen LogP contribution in [0.15, 0.2) is 34.0 Å². The standard InChI is InChI=1S/C28H32BrN5O11/c1-13(23(36)34-12-11-32-28(34)33-19-7-8-20-22(21(19)29)31-10-9-30-20)42-25(38)15(3)44-27(40)17(5)45-26(39)16(4)43-24(37)14(2)41-18(6)35/h7-10,13-17H,11-12H2,1-6H3,(H,32,33). The third kappa shape index (κ3) is 9.17. The van der Waals surface area contributed by atoms with E-state index < -0.39 is 66.3 Å². The zero-order valence-electron chi connectivity index (χ0n) is 25.3. The van der Waals surface area contributed by atoms with Crippen molar-refractivity contribution in [2.75, 3.05) is 18.4 Å². The quantitative estimate of drug-likeness (QED) is 0.263. The van der Waals surface area contributed by atoms with Crippen LogP contribution in [0.1, 0.15) is 41.5 Å². The predicted molar refractivity (Wildman–Crippen MR) is 158 cm³/mol. The van der Waals surface area contributed by atoms with Gasteiger partial charge in [-0.2, -0.15) is 0 Å². The average Bonchev–Trinajstić information content (AvgIpc) is 3.45. The van der Waals surface area contributed by atoms with E-state index in [2.05, 4.69) is 40.9 Å². The number of carbonyl (C=O) groups is 6. The van der Waals surface area contributed by atoms with Crippen molar-refractivity contribution in [3.8, 4) is 0 Å². The highest BCUT2D eigenvalue weighted by Gasteiger charge is 2.34. The lowest BCUT2D eigenvalue weighted by atomic mass is 10.2. The second-order valence-electron chi connectivity index (χ2n) is 9.74. The van der Waals surface area contributed by atoms with E-state index in [1.165, 1.54) is 39.5 Å². The Hall–Kier alpha value is -4.67. The highest BCUT2D eigenvalue weighted by molar-refractivity contribution is 9.10. The zero-order valence-corrected chi connectivity index (χ0v) is 26.9. The highest BCUT2D eigenvalue weighted by Crippen LogP contribution is 2.29. The van der Waals surface area contributed by atoms with Crippen molar-refractivity contribution in [2.24, 2.45) is 4.99 Å². The van der Waals surface area contributed by atoms with Crippen LogP contribution >= 0.6 is 15.9 Å². The lowest BCUT2D eigenvalue weighted by molar-refractivity contribution is -0.185. The Morgan fingerprint density at radius 3 is 1.78 bits per heavy atom. The smallest absolute Gasteiger partial charge is 0.347 e. The van der Waals surface area contributed by atoms with Gasteiger partial charge in [0.25, 0.3) is 5.91 Å². The Bertz CT molecular complexity index is 1520. The van der Waals surface area contributed by atoms with Gasteiger partial charge in [0.15, 0.2) is 30.5 Å². The van der Waals surface area contributed by atoms with Crippen molar-refractivity contribution >= 4 is 74.4 Å². The number of anilines is 1. The number of benzene rings is 1. The molecule has 2 aromatic rings. The number of guanidine groups is 1. The molecule has 5 atom stereocenters. The summed E-state index contributed by atoms with van der Waals surface area (Å²) in [6, 6.07) is 3.51. The van der Waals surface area contributed by atoms with Crippen LogP contribution < -0.4 is 5.32 Å². The van der Waals surface area contributed by atoms with Crippen molar-refractivity contribution in [1.82, 2.24) is 14.9 Å². The molecule has 3 rings (SSSR count). The van der Waals surface area contributed by atoms with Crippen LogP contribution in [-0.2, 0) is 52.5 Å². The fourth-order valence-corrected chi connectivity index (χ4v) is 4.32. The molecule has 2 heterocycles. The van der Waals surface area contributed by atoms with Gasteiger partial charge >= 0.3 is 29.8 Å². The van der Waals surface area contributed by atoms with Crippen LogP contribution in [0, 0.1) is 0 Å². The third-order valence-electron chi connectivity index (χ3n) is 6.12. The number of halogens is 1. The number of ether oxygens (including phenoxy) is 5.